The van der Waals surface area contributed by atoms with Crippen molar-refractivity contribution >= 4 is 39.8 Å². The number of hydrogen-bond donors (Lipinski definition) is 4. The average molecular weight is 600 g/mol. The van der Waals surface area contributed by atoms with Gasteiger partial charge in [-0.1, -0.05) is 10.3 Å². The van der Waals surface area contributed by atoms with Crippen molar-refractivity contribution in [3.63, 3.8) is 0 Å². The quantitative estimate of drug-likeness (QED) is 0.193. The Morgan fingerprint density at radius 3 is 1.75 bits per heavy atom. The molecule has 0 saturated heterocycles. The van der Waals surface area contributed by atoms with Gasteiger partial charge in [-0.25, -0.2) is 14.8 Å². The lowest BCUT2D eigenvalue weighted by Gasteiger charge is -2.03. The first-order valence-electron chi connectivity index (χ1n) is 12.7. The predicted molar refractivity (Wildman–Crippen MR) is 149 cm³/mol. The van der Waals surface area contributed by atoms with Gasteiger partial charge >= 0.3 is 11.9 Å². The highest BCUT2D eigenvalue weighted by atomic mass is 16.5. The van der Waals surface area contributed by atoms with Crippen molar-refractivity contribution in [1.29, 1.82) is 0 Å². The number of esters is 1. The van der Waals surface area contributed by atoms with Gasteiger partial charge in [0, 0.05) is 48.3 Å². The second kappa shape index (κ2) is 12.6. The molecule has 0 radical (unpaired) electrons. The zero-order valence-electron chi connectivity index (χ0n) is 22.7. The molecule has 0 aliphatic heterocycles. The van der Waals surface area contributed by atoms with Gasteiger partial charge in [-0.3, -0.25) is 19.6 Å². The number of rotatable bonds is 7. The summed E-state index contributed by atoms with van der Waals surface area (Å²) in [6.45, 7) is 1.27. The molecule has 0 aromatic carbocycles. The van der Waals surface area contributed by atoms with Crippen LogP contribution in [-0.4, -0.2) is 76.6 Å². The zero-order valence-corrected chi connectivity index (χ0v) is 22.7. The van der Waals surface area contributed by atoms with Crippen LogP contribution in [0.5, 0.6) is 11.5 Å². The fourth-order valence-electron chi connectivity index (χ4n) is 3.96. The van der Waals surface area contributed by atoms with Crippen LogP contribution < -0.4 is 5.32 Å². The summed E-state index contributed by atoms with van der Waals surface area (Å²) in [7, 11) is 0. The van der Waals surface area contributed by atoms with E-state index in [1.165, 1.54) is 12.4 Å². The molecule has 0 bridgehead atoms. The van der Waals surface area contributed by atoms with Gasteiger partial charge in [-0.05, 0) is 31.2 Å². The van der Waals surface area contributed by atoms with E-state index in [1.54, 1.807) is 56.0 Å². The van der Waals surface area contributed by atoms with Gasteiger partial charge in [0.1, 0.15) is 17.9 Å². The smallest absolute Gasteiger partial charge is 0.360 e. The van der Waals surface area contributed by atoms with Gasteiger partial charge < -0.3 is 34.4 Å². The third-order valence-electron chi connectivity index (χ3n) is 5.97. The lowest BCUT2D eigenvalue weighted by atomic mass is 10.1. The predicted octanol–water partition coefficient (Wildman–Crippen LogP) is 2.97. The van der Waals surface area contributed by atoms with Crippen LogP contribution in [0.3, 0.4) is 0 Å². The van der Waals surface area contributed by atoms with Crippen molar-refractivity contribution in [3.05, 3.63) is 72.8 Å². The highest BCUT2D eigenvalue weighted by Crippen LogP contribution is 2.35. The standard InChI is InChI=1S/C14H10N4O5.C14H11N3O4/c19-9(20)6-17-14(22)11-12(21)13-8(5-16-11)10(18-23-13)7-1-3-15-4-2-7;1-2-20-14(19)11-12(18)13-9(7-16-11)10(17-21-13)8-3-5-15-6-4-8/h1-5,21H,6H2,(H,17,22)(H,19,20);3-7,18H,2H2,1H3. The van der Waals surface area contributed by atoms with Crippen molar-refractivity contribution in [2.75, 3.05) is 13.2 Å². The second-order valence-electron chi connectivity index (χ2n) is 8.73. The Bertz CT molecular complexity index is 1980. The summed E-state index contributed by atoms with van der Waals surface area (Å²) in [5, 5.41) is 39.6. The Balaban J connectivity index is 0.000000175. The molecule has 0 saturated carbocycles. The van der Waals surface area contributed by atoms with Gasteiger partial charge in [-0.2, -0.15) is 0 Å². The molecule has 0 unspecified atom stereocenters. The van der Waals surface area contributed by atoms with E-state index in [9.17, 15) is 24.6 Å². The number of aromatic nitrogens is 6. The topological polar surface area (TPSA) is 237 Å². The fraction of sp³-hybridized carbons (Fsp3) is 0.107. The molecular weight excluding hydrogens is 578 g/mol. The van der Waals surface area contributed by atoms with Crippen LogP contribution in [0.25, 0.3) is 44.5 Å². The Morgan fingerprint density at radius 1 is 0.795 bits per heavy atom. The molecule has 6 rings (SSSR count). The minimum absolute atomic E-state index is 0.00714. The van der Waals surface area contributed by atoms with Gasteiger partial charge in [0.05, 0.1) is 17.4 Å². The highest BCUT2D eigenvalue weighted by Gasteiger charge is 2.23. The lowest BCUT2D eigenvalue weighted by molar-refractivity contribution is -0.135. The van der Waals surface area contributed by atoms with Gasteiger partial charge in [-0.15, -0.1) is 0 Å². The number of hydrogen-bond acceptors (Lipinski definition) is 14. The number of nitrogens with zero attached hydrogens (tertiary/aromatic N) is 6. The molecule has 4 N–H and O–H groups in total. The second-order valence-corrected chi connectivity index (χ2v) is 8.73. The van der Waals surface area contributed by atoms with Crippen LogP contribution in [0.15, 0.2) is 70.5 Å². The molecule has 0 atom stereocenters. The van der Waals surface area contributed by atoms with Crippen LogP contribution >= 0.6 is 0 Å². The third kappa shape index (κ3) is 5.80. The van der Waals surface area contributed by atoms with Crippen molar-refractivity contribution in [2.24, 2.45) is 0 Å². The zero-order chi connectivity index (χ0) is 31.2. The molecule has 6 aromatic rings. The summed E-state index contributed by atoms with van der Waals surface area (Å²) in [4.78, 5) is 49.6. The number of fused-ring (bicyclic) bond motifs is 2. The minimum atomic E-state index is -1.21. The summed E-state index contributed by atoms with van der Waals surface area (Å²) in [6.07, 6.45) is 9.16. The molecule has 6 heterocycles. The Labute approximate surface area is 246 Å². The summed E-state index contributed by atoms with van der Waals surface area (Å²) in [5.74, 6) is -3.62. The third-order valence-corrected chi connectivity index (χ3v) is 5.97. The summed E-state index contributed by atoms with van der Waals surface area (Å²) < 4.78 is 15.0. The van der Waals surface area contributed by atoms with Crippen LogP contribution in [0.2, 0.25) is 0 Å². The van der Waals surface area contributed by atoms with E-state index < -0.39 is 30.1 Å². The first kappa shape index (κ1) is 29.1. The number of carboxylic acids is 1. The molecule has 16 nitrogen and oxygen atoms in total. The van der Waals surface area contributed by atoms with Crippen molar-refractivity contribution < 1.29 is 43.5 Å². The van der Waals surface area contributed by atoms with Crippen molar-refractivity contribution in [1.82, 2.24) is 35.6 Å². The van der Waals surface area contributed by atoms with Crippen molar-refractivity contribution in [3.8, 4) is 34.0 Å². The first-order valence-corrected chi connectivity index (χ1v) is 12.7. The number of nitrogens with one attached hydrogen (secondary N) is 1. The molecular formula is C28H21N7O9. The molecule has 1 amide bonds. The maximum absolute atomic E-state index is 11.8. The van der Waals surface area contributed by atoms with E-state index >= 15 is 0 Å². The molecule has 16 heteroatoms. The van der Waals surface area contributed by atoms with E-state index in [0.717, 1.165) is 5.56 Å². The van der Waals surface area contributed by atoms with Crippen molar-refractivity contribution in [2.45, 2.75) is 6.92 Å². The Kier molecular flexibility index (Phi) is 8.32. The summed E-state index contributed by atoms with van der Waals surface area (Å²) >= 11 is 0. The minimum Gasteiger partial charge on any atom is -0.503 e. The number of carboxylic acid groups (broad SMARTS) is 1. The van der Waals surface area contributed by atoms with E-state index in [4.69, 9.17) is 18.9 Å². The highest BCUT2D eigenvalue weighted by molar-refractivity contribution is 6.03. The van der Waals surface area contributed by atoms with Gasteiger partial charge in [0.2, 0.25) is 11.2 Å². The molecule has 0 aliphatic carbocycles. The molecule has 44 heavy (non-hydrogen) atoms. The van der Waals surface area contributed by atoms with Crippen LogP contribution in [0, 0.1) is 0 Å². The number of pyridine rings is 4. The van der Waals surface area contributed by atoms with Gasteiger partial charge in [0.15, 0.2) is 22.9 Å². The molecule has 222 valence electrons. The summed E-state index contributed by atoms with van der Waals surface area (Å²) in [5.41, 5.74) is 2.01. The number of carbonyl (C=O) groups excluding carboxylic acids is 2. The fourth-order valence-corrected chi connectivity index (χ4v) is 3.96. The maximum Gasteiger partial charge on any atom is 0.360 e. The number of amides is 1. The number of aromatic hydroxyl groups is 2. The van der Waals surface area contributed by atoms with Crippen LogP contribution in [0.1, 0.15) is 27.9 Å². The van der Waals surface area contributed by atoms with E-state index in [0.29, 0.717) is 27.7 Å². The van der Waals surface area contributed by atoms with Crippen LogP contribution in [-0.2, 0) is 9.53 Å². The largest absolute Gasteiger partial charge is 0.503 e. The monoisotopic (exact) mass is 599 g/mol. The SMILES string of the molecule is CCOC(=O)c1ncc2c(-c3ccncc3)noc2c1O.O=C(O)CNC(=O)c1ncc2c(-c3ccncc3)noc2c1O. The maximum atomic E-state index is 11.8. The van der Waals surface area contributed by atoms with E-state index in [1.807, 2.05) is 0 Å². The number of carbonyl (C=O) groups is 3. The number of aliphatic carboxylic acids is 1. The first-order chi connectivity index (χ1) is 21.3. The van der Waals surface area contributed by atoms with E-state index in [-0.39, 0.29) is 34.9 Å². The lowest BCUT2D eigenvalue weighted by Crippen LogP contribution is -2.29. The van der Waals surface area contributed by atoms with E-state index in [2.05, 4.69) is 35.6 Å². The molecule has 0 spiro atoms. The summed E-state index contributed by atoms with van der Waals surface area (Å²) in [6, 6.07) is 6.94. The Morgan fingerprint density at radius 2 is 1.27 bits per heavy atom. The van der Waals surface area contributed by atoms with Crippen LogP contribution in [0.4, 0.5) is 0 Å². The number of ether oxygens (including phenoxy) is 1. The molecule has 0 aliphatic rings. The normalized spacial score (nSPS) is 10.7. The van der Waals surface area contributed by atoms with Gasteiger partial charge in [0.25, 0.3) is 5.91 Å². The Hall–Kier alpha value is -6.45. The average Bonchev–Trinajstić information content (AvgIpc) is 3.67. The molecule has 0 fully saturated rings. The molecule has 6 aromatic heterocycles.